The summed E-state index contributed by atoms with van der Waals surface area (Å²) < 4.78 is 49.8. The first-order chi connectivity index (χ1) is 34.4. The number of pyridine rings is 2. The number of aryl methyl sites for hydroxylation is 2. The van der Waals surface area contributed by atoms with Crippen molar-refractivity contribution in [2.45, 2.75) is 82.6 Å². The highest BCUT2D eigenvalue weighted by Gasteiger charge is 2.47. The van der Waals surface area contributed by atoms with Gasteiger partial charge in [-0.2, -0.15) is 0 Å². The first-order valence-corrected chi connectivity index (χ1v) is 24.9. The number of rotatable bonds is 10. The predicted octanol–water partition coefficient (Wildman–Crippen LogP) is 7.42. The highest BCUT2D eigenvalue weighted by atomic mass is 19.1. The van der Waals surface area contributed by atoms with E-state index in [-0.39, 0.29) is 41.6 Å². The summed E-state index contributed by atoms with van der Waals surface area (Å²) in [5.41, 5.74) is 18.7. The number of methoxy groups -OCH3 is 2. The third-order valence-electron chi connectivity index (χ3n) is 15.7. The molecular formula is C53H58F2N12O4. The van der Waals surface area contributed by atoms with Gasteiger partial charge in [0.15, 0.2) is 17.5 Å². The lowest BCUT2D eigenvalue weighted by molar-refractivity contribution is 0.0696. The summed E-state index contributed by atoms with van der Waals surface area (Å²) in [6.45, 7) is 3.40. The van der Waals surface area contributed by atoms with Crippen LogP contribution in [0.2, 0.25) is 0 Å². The van der Waals surface area contributed by atoms with Crippen molar-refractivity contribution in [1.82, 2.24) is 48.0 Å². The van der Waals surface area contributed by atoms with Gasteiger partial charge in [-0.15, -0.1) is 0 Å². The number of halogens is 2. The minimum absolute atomic E-state index is 0.00949. The van der Waals surface area contributed by atoms with Gasteiger partial charge < -0.3 is 49.0 Å². The number of aromatic nitrogens is 8. The van der Waals surface area contributed by atoms with E-state index in [0.717, 1.165) is 69.1 Å². The average molecular weight is 965 g/mol. The molecule has 0 unspecified atom stereocenters. The molecule has 3 aliphatic carbocycles. The number of likely N-dealkylation sites (tertiary alicyclic amines) is 2. The number of carbonyl (C=O) groups excluding carboxylic acids is 2. The average Bonchev–Trinajstić information content (AvgIpc) is 4.19. The lowest BCUT2D eigenvalue weighted by Gasteiger charge is -2.30. The normalized spacial score (nSPS) is 21.0. The van der Waals surface area contributed by atoms with Crippen LogP contribution in [0.3, 0.4) is 0 Å². The molecule has 16 nitrogen and oxygen atoms in total. The maximum atomic E-state index is 15.8. The molecule has 0 radical (unpaired) electrons. The Morgan fingerprint density at radius 1 is 0.718 bits per heavy atom. The Balaban J connectivity index is 0.000000146. The van der Waals surface area contributed by atoms with Gasteiger partial charge in [0.25, 0.3) is 11.8 Å². The van der Waals surface area contributed by atoms with Crippen molar-refractivity contribution < 1.29 is 27.8 Å². The van der Waals surface area contributed by atoms with Crippen LogP contribution >= 0.6 is 0 Å². The van der Waals surface area contributed by atoms with Crippen LogP contribution in [0.4, 0.5) is 8.78 Å². The summed E-state index contributed by atoms with van der Waals surface area (Å²) in [5, 5.41) is 0.975. The smallest absolute Gasteiger partial charge is 0.254 e. The van der Waals surface area contributed by atoms with Crippen LogP contribution in [0.15, 0.2) is 60.9 Å². The lowest BCUT2D eigenvalue weighted by atomic mass is 10.0. The zero-order valence-corrected chi connectivity index (χ0v) is 40.4. The molecule has 2 aliphatic heterocycles. The molecule has 8 aromatic rings. The van der Waals surface area contributed by atoms with Crippen molar-refractivity contribution in [2.75, 3.05) is 33.9 Å². The highest BCUT2D eigenvalue weighted by Crippen LogP contribution is 2.42. The third kappa shape index (κ3) is 7.68. The van der Waals surface area contributed by atoms with Gasteiger partial charge in [0, 0.05) is 88.5 Å². The van der Waals surface area contributed by atoms with E-state index in [2.05, 4.69) is 14.5 Å². The van der Waals surface area contributed by atoms with Gasteiger partial charge in [-0.1, -0.05) is 0 Å². The fraction of sp³-hybridized carbons (Fsp3) is 0.434. The topological polar surface area (TPSA) is 182 Å². The Labute approximate surface area is 408 Å². The number of benzene rings is 2. The van der Waals surface area contributed by atoms with Crippen molar-refractivity contribution >= 4 is 55.9 Å². The number of ether oxygens (including phenoxy) is 2. The number of nitrogens with two attached hydrogens (primary N) is 2. The van der Waals surface area contributed by atoms with Crippen molar-refractivity contribution in [1.29, 1.82) is 0 Å². The molecule has 5 aliphatic rings. The van der Waals surface area contributed by atoms with Gasteiger partial charge in [0.2, 0.25) is 0 Å². The molecule has 71 heavy (non-hydrogen) atoms. The second kappa shape index (κ2) is 17.4. The van der Waals surface area contributed by atoms with Crippen LogP contribution in [0.25, 0.3) is 67.2 Å². The van der Waals surface area contributed by atoms with Gasteiger partial charge in [-0.05, 0) is 118 Å². The molecule has 368 valence electrons. The fourth-order valence-corrected chi connectivity index (χ4v) is 11.6. The molecule has 13 rings (SSSR count). The summed E-state index contributed by atoms with van der Waals surface area (Å²) >= 11 is 0. The molecule has 3 saturated carbocycles. The van der Waals surface area contributed by atoms with Crippen LogP contribution in [0.1, 0.15) is 72.1 Å². The van der Waals surface area contributed by atoms with E-state index in [1.54, 1.807) is 55.6 Å². The number of nitrogens with zero attached hydrogens (tertiary/aromatic N) is 10. The minimum atomic E-state index is -0.329. The SMILES string of the molecule is COc1cc(C(=O)N2CCC[C@@H](N)C2)cc2nc(-c3c(F)c4cccnc4n3CC3CC3)n(C)c12.COc1cc(C(=O)N2C[C@H]3CC[C@@H]2[C@@H]3N)cc2nc(-c3cc4c(F)ccnc4n3CC3CC3)n(C)c12. The summed E-state index contributed by atoms with van der Waals surface area (Å²) in [7, 11) is 6.95. The Morgan fingerprint density at radius 2 is 1.35 bits per heavy atom. The molecule has 2 amide bonds. The largest absolute Gasteiger partial charge is 0.494 e. The molecule has 8 heterocycles. The first kappa shape index (κ1) is 45.2. The predicted molar refractivity (Wildman–Crippen MR) is 266 cm³/mol. The van der Waals surface area contributed by atoms with Gasteiger partial charge in [0.1, 0.15) is 45.3 Å². The van der Waals surface area contributed by atoms with Gasteiger partial charge >= 0.3 is 0 Å². The van der Waals surface area contributed by atoms with E-state index in [9.17, 15) is 14.0 Å². The van der Waals surface area contributed by atoms with Crippen LogP contribution < -0.4 is 20.9 Å². The molecule has 2 saturated heterocycles. The molecule has 0 spiro atoms. The summed E-state index contributed by atoms with van der Waals surface area (Å²) in [6.07, 6.45) is 11.7. The van der Waals surface area contributed by atoms with Crippen molar-refractivity contribution in [3.8, 4) is 34.5 Å². The van der Waals surface area contributed by atoms with Gasteiger partial charge in [-0.25, -0.2) is 28.7 Å². The summed E-state index contributed by atoms with van der Waals surface area (Å²) in [6, 6.07) is 14.0. The standard InChI is InChI=1S/C27H29FN6O2.C26H29FN6O2/c1-32-24-19(9-16(10-22(24)36-2)27(35)34-13-15-5-6-20(34)23(15)29)31-26(32)21-11-17-18(28)7-8-30-25(17)33(21)12-14-3-4-14;1-31-22-19(11-16(12-20(22)35-2)26(34)32-10-4-5-17(28)14-32)30-25(31)23-21(27)18-6-3-9-29-24(18)33(23)13-15-7-8-15/h7-11,14-15,20,23H,3-6,12-13,29H2,1-2H3;3,6,9,11-12,15,17H,4-5,7-8,10,13-14,28H2,1-2H3/t15-,20-,23-;17-/m11/s1. The Bertz CT molecular complexity index is 3440. The maximum absolute atomic E-state index is 15.8. The van der Waals surface area contributed by atoms with Crippen LogP contribution in [0.5, 0.6) is 11.5 Å². The zero-order valence-electron chi connectivity index (χ0n) is 40.4. The van der Waals surface area contributed by atoms with E-state index < -0.39 is 0 Å². The third-order valence-corrected chi connectivity index (χ3v) is 15.7. The number of piperidine rings is 2. The molecule has 18 heteroatoms. The lowest BCUT2D eigenvalue weighted by Crippen LogP contribution is -2.45. The zero-order chi connectivity index (χ0) is 49.0. The second-order valence-corrected chi connectivity index (χ2v) is 20.4. The quantitative estimate of drug-likeness (QED) is 0.140. The van der Waals surface area contributed by atoms with Crippen LogP contribution in [-0.2, 0) is 27.2 Å². The molecule has 2 aromatic carbocycles. The molecular weight excluding hydrogens is 907 g/mol. The van der Waals surface area contributed by atoms with E-state index in [1.165, 1.54) is 12.3 Å². The van der Waals surface area contributed by atoms with Gasteiger partial charge in [0.05, 0.1) is 41.7 Å². The van der Waals surface area contributed by atoms with Crippen LogP contribution in [0, 0.1) is 29.4 Å². The molecule has 5 fully saturated rings. The highest BCUT2D eigenvalue weighted by molar-refractivity contribution is 6.01. The minimum Gasteiger partial charge on any atom is -0.494 e. The second-order valence-electron chi connectivity index (χ2n) is 20.4. The van der Waals surface area contributed by atoms with Gasteiger partial charge in [-0.3, -0.25) is 9.59 Å². The van der Waals surface area contributed by atoms with E-state index in [0.29, 0.717) is 123 Å². The van der Waals surface area contributed by atoms with Crippen LogP contribution in [-0.4, -0.2) is 112 Å². The van der Waals surface area contributed by atoms with E-state index in [4.69, 9.17) is 30.9 Å². The number of fused-ring (bicyclic) bond motifs is 6. The fourth-order valence-electron chi connectivity index (χ4n) is 11.6. The van der Waals surface area contributed by atoms with E-state index in [1.807, 2.05) is 44.8 Å². The monoisotopic (exact) mass is 964 g/mol. The summed E-state index contributed by atoms with van der Waals surface area (Å²) in [4.78, 5) is 49.3. The summed E-state index contributed by atoms with van der Waals surface area (Å²) in [5.74, 6) is 3.01. The maximum Gasteiger partial charge on any atom is 0.254 e. The number of hydrogen-bond donors (Lipinski definition) is 2. The Morgan fingerprint density at radius 3 is 1.99 bits per heavy atom. The molecule has 4 atom stereocenters. The Kier molecular flexibility index (Phi) is 11.1. The van der Waals surface area contributed by atoms with Crippen molar-refractivity contribution in [3.05, 3.63) is 83.7 Å². The number of imidazole rings is 2. The molecule has 6 aromatic heterocycles. The molecule has 4 N–H and O–H groups in total. The number of hydrogen-bond acceptors (Lipinski definition) is 10. The van der Waals surface area contributed by atoms with E-state index >= 15 is 4.39 Å². The Hall–Kier alpha value is -6.92. The van der Waals surface area contributed by atoms with Crippen molar-refractivity contribution in [3.63, 3.8) is 0 Å². The van der Waals surface area contributed by atoms with Crippen molar-refractivity contribution in [2.24, 2.45) is 43.3 Å². The number of carbonyl (C=O) groups is 2. The molecule has 2 bridgehead atoms. The first-order valence-electron chi connectivity index (χ1n) is 24.9. The number of amides is 2.